The topological polar surface area (TPSA) is 20.3 Å². The van der Waals surface area contributed by atoms with Gasteiger partial charge in [-0.15, -0.1) is 0 Å². The van der Waals surface area contributed by atoms with Gasteiger partial charge in [0.05, 0.1) is 11.6 Å². The average molecular weight is 285 g/mol. The molecule has 0 aliphatic carbocycles. The van der Waals surface area contributed by atoms with Crippen molar-refractivity contribution in [2.24, 2.45) is 0 Å². The molecule has 1 atom stereocenters. The first-order valence-electron chi connectivity index (χ1n) is 7.39. The van der Waals surface area contributed by atoms with Gasteiger partial charge in [0.1, 0.15) is 0 Å². The van der Waals surface area contributed by atoms with Crippen molar-refractivity contribution >= 4 is 17.3 Å². The molecule has 106 valence electrons. The number of hydrogen-bond donors (Lipinski definition) is 0. The second-order valence-electron chi connectivity index (χ2n) is 5.41. The monoisotopic (exact) mass is 285 g/mol. The zero-order valence-electron chi connectivity index (χ0n) is 12.0. The highest BCUT2D eigenvalue weighted by Crippen LogP contribution is 2.44. The van der Waals surface area contributed by atoms with E-state index in [9.17, 15) is 4.79 Å². The van der Waals surface area contributed by atoms with Gasteiger partial charge in [0.2, 0.25) is 5.91 Å². The maximum Gasteiger partial charge on any atom is 0.243 e. The Bertz CT molecular complexity index is 743. The maximum atomic E-state index is 13.1. The molecule has 0 spiro atoms. The summed E-state index contributed by atoms with van der Waals surface area (Å²) in [5.41, 5.74) is 4.01. The van der Waals surface area contributed by atoms with Crippen molar-refractivity contribution in [1.29, 1.82) is 0 Å². The van der Waals surface area contributed by atoms with Crippen molar-refractivity contribution in [1.82, 2.24) is 0 Å². The van der Waals surface area contributed by atoms with Crippen LogP contribution in [0.2, 0.25) is 0 Å². The molecule has 2 heteroatoms. The molecule has 3 aromatic carbocycles. The second-order valence-corrected chi connectivity index (χ2v) is 5.41. The van der Waals surface area contributed by atoms with Gasteiger partial charge >= 0.3 is 0 Å². The van der Waals surface area contributed by atoms with Crippen LogP contribution in [0.1, 0.15) is 17.0 Å². The Morgan fingerprint density at radius 3 is 2.00 bits per heavy atom. The predicted octanol–water partition coefficient (Wildman–Crippen LogP) is 4.50. The lowest BCUT2D eigenvalue weighted by Crippen LogP contribution is -2.24. The molecule has 0 aromatic heterocycles. The van der Waals surface area contributed by atoms with Crippen LogP contribution in [0.15, 0.2) is 84.9 Å². The lowest BCUT2D eigenvalue weighted by molar-refractivity contribution is -0.117. The van der Waals surface area contributed by atoms with Crippen LogP contribution >= 0.6 is 0 Å². The molecule has 1 heterocycles. The minimum atomic E-state index is -0.224. The molecule has 2 nitrogen and oxygen atoms in total. The molecule has 0 saturated heterocycles. The van der Waals surface area contributed by atoms with Gasteiger partial charge in [-0.3, -0.25) is 9.69 Å². The fourth-order valence-electron chi connectivity index (χ4n) is 3.13. The first-order chi connectivity index (χ1) is 10.9. The largest absolute Gasteiger partial charge is 0.280 e. The Morgan fingerprint density at radius 1 is 0.682 bits per heavy atom. The van der Waals surface area contributed by atoms with E-state index in [1.54, 1.807) is 0 Å². The third-order valence-electron chi connectivity index (χ3n) is 4.10. The zero-order valence-corrected chi connectivity index (χ0v) is 12.0. The van der Waals surface area contributed by atoms with Gasteiger partial charge < -0.3 is 0 Å². The molecule has 1 amide bonds. The van der Waals surface area contributed by atoms with Crippen molar-refractivity contribution < 1.29 is 4.79 Å². The number of amides is 1. The second kappa shape index (κ2) is 5.15. The molecule has 0 fully saturated rings. The summed E-state index contributed by atoms with van der Waals surface area (Å²) in [6.45, 7) is 0. The minimum Gasteiger partial charge on any atom is -0.280 e. The summed E-state index contributed by atoms with van der Waals surface area (Å²) >= 11 is 0. The van der Waals surface area contributed by atoms with E-state index in [-0.39, 0.29) is 11.8 Å². The van der Waals surface area contributed by atoms with E-state index >= 15 is 0 Å². The van der Waals surface area contributed by atoms with E-state index in [1.807, 2.05) is 89.8 Å². The average Bonchev–Trinajstić information content (AvgIpc) is 2.88. The minimum absolute atomic E-state index is 0.110. The Morgan fingerprint density at radius 2 is 1.27 bits per heavy atom. The molecule has 0 N–H and O–H groups in total. The molecule has 3 aromatic rings. The van der Waals surface area contributed by atoms with Crippen LogP contribution in [0, 0.1) is 0 Å². The van der Waals surface area contributed by atoms with Crippen LogP contribution < -0.4 is 4.90 Å². The smallest absolute Gasteiger partial charge is 0.243 e. The summed E-state index contributed by atoms with van der Waals surface area (Å²) in [7, 11) is 0. The number of rotatable bonds is 2. The summed E-state index contributed by atoms with van der Waals surface area (Å²) < 4.78 is 0. The van der Waals surface area contributed by atoms with Gasteiger partial charge in [-0.2, -0.15) is 0 Å². The summed E-state index contributed by atoms with van der Waals surface area (Å²) in [4.78, 5) is 14.9. The summed E-state index contributed by atoms with van der Waals surface area (Å²) in [6, 6.07) is 27.9. The Labute approximate surface area is 129 Å². The van der Waals surface area contributed by atoms with Crippen LogP contribution in [-0.2, 0) is 4.79 Å². The van der Waals surface area contributed by atoms with Gasteiger partial charge in [-0.25, -0.2) is 0 Å². The Hall–Kier alpha value is -2.87. The highest BCUT2D eigenvalue weighted by Gasteiger charge is 2.38. The third-order valence-corrected chi connectivity index (χ3v) is 4.10. The lowest BCUT2D eigenvalue weighted by Gasteiger charge is -2.18. The molecule has 22 heavy (non-hydrogen) atoms. The molecule has 1 aliphatic rings. The van der Waals surface area contributed by atoms with E-state index in [4.69, 9.17) is 0 Å². The number of nitrogens with zero attached hydrogens (tertiary/aromatic N) is 1. The molecule has 1 unspecified atom stereocenters. The van der Waals surface area contributed by atoms with Gasteiger partial charge in [0.15, 0.2) is 0 Å². The quantitative estimate of drug-likeness (QED) is 0.679. The Balaban J connectivity index is 1.89. The number of fused-ring (bicyclic) bond motifs is 1. The van der Waals surface area contributed by atoms with E-state index < -0.39 is 0 Å². The van der Waals surface area contributed by atoms with Crippen LogP contribution in [-0.4, -0.2) is 5.91 Å². The third kappa shape index (κ3) is 1.92. The van der Waals surface area contributed by atoms with Crippen LogP contribution in [0.25, 0.3) is 0 Å². The van der Waals surface area contributed by atoms with E-state index in [0.717, 1.165) is 22.5 Å². The van der Waals surface area contributed by atoms with Crippen LogP contribution in [0.5, 0.6) is 0 Å². The van der Waals surface area contributed by atoms with Crippen molar-refractivity contribution in [3.05, 3.63) is 96.1 Å². The van der Waals surface area contributed by atoms with E-state index in [1.165, 1.54) is 0 Å². The molecule has 0 radical (unpaired) electrons. The van der Waals surface area contributed by atoms with Gasteiger partial charge in [-0.05, 0) is 29.3 Å². The van der Waals surface area contributed by atoms with E-state index in [2.05, 4.69) is 0 Å². The first kappa shape index (κ1) is 12.8. The fraction of sp³-hybridized carbons (Fsp3) is 0.0500. The molecule has 1 aliphatic heterocycles. The Kier molecular flexibility index (Phi) is 3.01. The van der Waals surface area contributed by atoms with Crippen LogP contribution in [0.4, 0.5) is 11.4 Å². The predicted molar refractivity (Wildman–Crippen MR) is 88.3 cm³/mol. The number of hydrogen-bond acceptors (Lipinski definition) is 1. The van der Waals surface area contributed by atoms with Crippen molar-refractivity contribution in [2.45, 2.75) is 5.92 Å². The molecular formula is C20H15NO. The summed E-state index contributed by atoms with van der Waals surface area (Å²) in [5, 5.41) is 0. The standard InChI is InChI=1S/C20H15NO/c22-20-19(15-9-3-1-4-10-15)17-13-7-8-14-18(17)21(20)16-11-5-2-6-12-16/h1-14,19H. The summed E-state index contributed by atoms with van der Waals surface area (Å²) in [5.74, 6) is -0.115. The number of carbonyl (C=O) groups is 1. The molecular weight excluding hydrogens is 270 g/mol. The highest BCUT2D eigenvalue weighted by atomic mass is 16.2. The maximum absolute atomic E-state index is 13.1. The molecule has 0 saturated carbocycles. The summed E-state index contributed by atoms with van der Waals surface area (Å²) in [6.07, 6.45) is 0. The van der Waals surface area contributed by atoms with Gasteiger partial charge in [0.25, 0.3) is 0 Å². The number of benzene rings is 3. The van der Waals surface area contributed by atoms with Crippen molar-refractivity contribution in [3.8, 4) is 0 Å². The number of carbonyl (C=O) groups excluding carboxylic acids is 1. The van der Waals surface area contributed by atoms with Gasteiger partial charge in [-0.1, -0.05) is 66.7 Å². The lowest BCUT2D eigenvalue weighted by atomic mass is 9.93. The molecule has 0 bridgehead atoms. The number of anilines is 2. The van der Waals surface area contributed by atoms with Gasteiger partial charge in [0, 0.05) is 5.69 Å². The van der Waals surface area contributed by atoms with Crippen molar-refractivity contribution in [3.63, 3.8) is 0 Å². The zero-order chi connectivity index (χ0) is 14.9. The van der Waals surface area contributed by atoms with E-state index in [0.29, 0.717) is 0 Å². The van der Waals surface area contributed by atoms with Crippen LogP contribution in [0.3, 0.4) is 0 Å². The molecule has 4 rings (SSSR count). The number of para-hydroxylation sites is 2. The van der Waals surface area contributed by atoms with Crippen molar-refractivity contribution in [2.75, 3.05) is 4.90 Å². The fourth-order valence-corrected chi connectivity index (χ4v) is 3.13. The first-order valence-corrected chi connectivity index (χ1v) is 7.39. The normalized spacial score (nSPS) is 16.6. The SMILES string of the molecule is O=C1C(c2ccccc2)c2ccccc2N1c1ccccc1. The highest BCUT2D eigenvalue weighted by molar-refractivity contribution is 6.11.